The predicted molar refractivity (Wildman–Crippen MR) is 148 cm³/mol. The van der Waals surface area contributed by atoms with Crippen LogP contribution in [0.2, 0.25) is 0 Å². The highest BCUT2D eigenvalue weighted by Gasteiger charge is 2.28. The zero-order valence-corrected chi connectivity index (χ0v) is 21.8. The third-order valence-electron chi connectivity index (χ3n) is 6.70. The predicted octanol–water partition coefficient (Wildman–Crippen LogP) is 4.90. The summed E-state index contributed by atoms with van der Waals surface area (Å²) in [4.78, 5) is 27.6. The van der Waals surface area contributed by atoms with Crippen molar-refractivity contribution in [3.05, 3.63) is 83.6 Å². The molecule has 5 rings (SSSR count). The highest BCUT2D eigenvalue weighted by molar-refractivity contribution is 6.07. The second-order valence-electron chi connectivity index (χ2n) is 10.7. The number of benzene rings is 3. The van der Waals surface area contributed by atoms with Gasteiger partial charge in [0.05, 0.1) is 6.10 Å². The number of amides is 2. The first kappa shape index (κ1) is 25.5. The van der Waals surface area contributed by atoms with Gasteiger partial charge in [-0.3, -0.25) is 15.5 Å². The van der Waals surface area contributed by atoms with E-state index >= 15 is 0 Å². The van der Waals surface area contributed by atoms with Crippen molar-refractivity contribution in [2.45, 2.75) is 45.4 Å². The van der Waals surface area contributed by atoms with Crippen molar-refractivity contribution in [3.63, 3.8) is 0 Å². The van der Waals surface area contributed by atoms with Gasteiger partial charge in [-0.05, 0) is 55.7 Å². The molecule has 8 nitrogen and oxygen atoms in total. The fraction of sp³-hybridized carbons (Fsp3) is 0.300. The number of aromatic nitrogens is 1. The molecule has 0 aliphatic carbocycles. The van der Waals surface area contributed by atoms with E-state index in [1.165, 1.54) is 0 Å². The first-order chi connectivity index (χ1) is 18.1. The Balaban J connectivity index is 1.56. The molecule has 2 amide bonds. The first-order valence-electron chi connectivity index (χ1n) is 12.8. The summed E-state index contributed by atoms with van der Waals surface area (Å²) < 4.78 is 7.26. The number of nitrogens with one attached hydrogen (secondary N) is 2. The number of rotatable bonds is 4. The number of amidine groups is 1. The molecule has 1 saturated heterocycles. The first-order valence-corrected chi connectivity index (χ1v) is 12.8. The monoisotopic (exact) mass is 512 g/mol. The third kappa shape index (κ3) is 5.26. The van der Waals surface area contributed by atoms with Crippen molar-refractivity contribution < 1.29 is 19.4 Å². The SMILES string of the molecule is CC(C)(C)OC(=O)NC(=N)c1ccc2cc(C(=O)N3CC[C@@H](O)C3)n(Cc3cccc4ccccc34)c2c1. The molecular formula is C30H32N4O4. The Bertz CT molecular complexity index is 1540. The Morgan fingerprint density at radius 3 is 2.55 bits per heavy atom. The number of aliphatic hydroxyl groups is 1. The highest BCUT2D eigenvalue weighted by Crippen LogP contribution is 2.27. The van der Waals surface area contributed by atoms with Crippen molar-refractivity contribution in [2.24, 2.45) is 0 Å². The number of carbonyl (C=O) groups is 2. The molecule has 0 radical (unpaired) electrons. The van der Waals surface area contributed by atoms with Gasteiger partial charge in [-0.15, -0.1) is 0 Å². The van der Waals surface area contributed by atoms with Gasteiger partial charge in [0.15, 0.2) is 0 Å². The molecule has 3 N–H and O–H groups in total. The topological polar surface area (TPSA) is 108 Å². The Kier molecular flexibility index (Phi) is 6.67. The molecule has 1 aliphatic heterocycles. The van der Waals surface area contributed by atoms with E-state index in [1.54, 1.807) is 31.7 Å². The van der Waals surface area contributed by atoms with Crippen molar-refractivity contribution in [1.29, 1.82) is 5.41 Å². The van der Waals surface area contributed by atoms with E-state index in [0.717, 1.165) is 27.2 Å². The molecular weight excluding hydrogens is 480 g/mol. The standard InChI is InChI=1S/C30H32N4O4/c1-30(2,3)38-29(37)32-27(31)21-12-11-20-15-26(28(36)33-14-13-23(35)18-33)34(25(20)16-21)17-22-9-6-8-19-7-4-5-10-24(19)22/h4-12,15-16,23,35H,13-14,17-18H2,1-3H3,(H2,31,32,37)/t23-/m1/s1. The van der Waals surface area contributed by atoms with Crippen LogP contribution >= 0.6 is 0 Å². The Labute approximate surface area is 221 Å². The lowest BCUT2D eigenvalue weighted by atomic mass is 10.0. The average Bonchev–Trinajstić information content (AvgIpc) is 3.46. The molecule has 0 bridgehead atoms. The fourth-order valence-corrected chi connectivity index (χ4v) is 4.92. The zero-order chi connectivity index (χ0) is 27.0. The minimum Gasteiger partial charge on any atom is -0.444 e. The molecule has 1 atom stereocenters. The van der Waals surface area contributed by atoms with Gasteiger partial charge < -0.3 is 19.3 Å². The van der Waals surface area contributed by atoms with Crippen LogP contribution in [-0.2, 0) is 11.3 Å². The van der Waals surface area contributed by atoms with E-state index in [0.29, 0.717) is 37.3 Å². The smallest absolute Gasteiger partial charge is 0.413 e. The molecule has 196 valence electrons. The van der Waals surface area contributed by atoms with Crippen molar-refractivity contribution in [1.82, 2.24) is 14.8 Å². The van der Waals surface area contributed by atoms with Crippen molar-refractivity contribution in [3.8, 4) is 0 Å². The maximum absolute atomic E-state index is 13.6. The summed E-state index contributed by atoms with van der Waals surface area (Å²) in [5.41, 5.74) is 2.17. The number of ether oxygens (including phenoxy) is 1. The van der Waals surface area contributed by atoms with Gasteiger partial charge in [0, 0.05) is 36.1 Å². The van der Waals surface area contributed by atoms with E-state index in [1.807, 2.05) is 41.0 Å². The lowest BCUT2D eigenvalue weighted by Gasteiger charge is -2.20. The molecule has 3 aromatic carbocycles. The normalized spacial score (nSPS) is 15.7. The number of carbonyl (C=O) groups excluding carboxylic acids is 2. The molecule has 0 saturated carbocycles. The number of hydrogen-bond donors (Lipinski definition) is 3. The summed E-state index contributed by atoms with van der Waals surface area (Å²) in [6.07, 6.45) is -0.648. The number of alkyl carbamates (subject to hydrolysis) is 1. The van der Waals surface area contributed by atoms with Gasteiger partial charge in [0.1, 0.15) is 17.1 Å². The molecule has 8 heteroatoms. The molecule has 4 aromatic rings. The van der Waals surface area contributed by atoms with E-state index in [2.05, 4.69) is 29.6 Å². The highest BCUT2D eigenvalue weighted by atomic mass is 16.6. The van der Waals surface area contributed by atoms with Crippen LogP contribution in [0.1, 0.15) is 48.8 Å². The minimum atomic E-state index is -0.697. The summed E-state index contributed by atoms with van der Waals surface area (Å²) in [7, 11) is 0. The Morgan fingerprint density at radius 1 is 1.05 bits per heavy atom. The van der Waals surface area contributed by atoms with Crippen LogP contribution in [0.5, 0.6) is 0 Å². The van der Waals surface area contributed by atoms with Crippen LogP contribution < -0.4 is 5.32 Å². The van der Waals surface area contributed by atoms with Crippen LogP contribution in [0.25, 0.3) is 21.7 Å². The zero-order valence-electron chi connectivity index (χ0n) is 21.8. The van der Waals surface area contributed by atoms with Crippen molar-refractivity contribution in [2.75, 3.05) is 13.1 Å². The number of likely N-dealkylation sites (tertiary alicyclic amines) is 1. The van der Waals surface area contributed by atoms with Crippen LogP contribution in [0, 0.1) is 5.41 Å². The van der Waals surface area contributed by atoms with Crippen LogP contribution in [0.3, 0.4) is 0 Å². The summed E-state index contributed by atoms with van der Waals surface area (Å²) >= 11 is 0. The second-order valence-corrected chi connectivity index (χ2v) is 10.7. The molecule has 0 unspecified atom stereocenters. The van der Waals surface area contributed by atoms with Crippen molar-refractivity contribution >= 4 is 39.5 Å². The largest absolute Gasteiger partial charge is 0.444 e. The molecule has 2 heterocycles. The van der Waals surface area contributed by atoms with E-state index in [-0.39, 0.29) is 11.7 Å². The van der Waals surface area contributed by atoms with Gasteiger partial charge in [0.25, 0.3) is 5.91 Å². The summed E-state index contributed by atoms with van der Waals surface area (Å²) in [5, 5.41) is 24.1. The lowest BCUT2D eigenvalue weighted by Crippen LogP contribution is -2.36. The minimum absolute atomic E-state index is 0.0883. The van der Waals surface area contributed by atoms with Gasteiger partial charge >= 0.3 is 6.09 Å². The van der Waals surface area contributed by atoms with Gasteiger partial charge in [0.2, 0.25) is 0 Å². The van der Waals surface area contributed by atoms with E-state index in [9.17, 15) is 14.7 Å². The molecule has 0 spiro atoms. The van der Waals surface area contributed by atoms with Crippen LogP contribution in [-0.4, -0.2) is 57.2 Å². The number of β-amino-alcohol motifs (C(OH)–C–C–N with tert-alkyl or cyclic N) is 1. The molecule has 38 heavy (non-hydrogen) atoms. The van der Waals surface area contributed by atoms with E-state index in [4.69, 9.17) is 10.1 Å². The quantitative estimate of drug-likeness (QED) is 0.267. The number of aliphatic hydroxyl groups excluding tert-OH is 1. The number of nitrogens with zero attached hydrogens (tertiary/aromatic N) is 2. The fourth-order valence-electron chi connectivity index (χ4n) is 4.92. The Hall–Kier alpha value is -4.17. The van der Waals surface area contributed by atoms with Gasteiger partial charge in [-0.1, -0.05) is 54.6 Å². The molecule has 1 aliphatic rings. The number of hydrogen-bond acceptors (Lipinski definition) is 5. The average molecular weight is 513 g/mol. The van der Waals surface area contributed by atoms with Gasteiger partial charge in [-0.2, -0.15) is 0 Å². The summed E-state index contributed by atoms with van der Waals surface area (Å²) in [6, 6.07) is 21.5. The van der Waals surface area contributed by atoms with E-state index < -0.39 is 17.8 Å². The number of fused-ring (bicyclic) bond motifs is 2. The molecule has 1 fully saturated rings. The van der Waals surface area contributed by atoms with Gasteiger partial charge in [-0.25, -0.2) is 4.79 Å². The maximum atomic E-state index is 13.6. The van der Waals surface area contributed by atoms with Crippen LogP contribution in [0.15, 0.2) is 66.7 Å². The summed E-state index contributed by atoms with van der Waals surface area (Å²) in [6.45, 7) is 6.55. The maximum Gasteiger partial charge on any atom is 0.413 e. The molecule has 1 aromatic heterocycles. The Morgan fingerprint density at radius 2 is 1.82 bits per heavy atom. The third-order valence-corrected chi connectivity index (χ3v) is 6.70. The van der Waals surface area contributed by atoms with Crippen LogP contribution in [0.4, 0.5) is 4.79 Å². The second kappa shape index (κ2) is 9.95. The summed E-state index contributed by atoms with van der Waals surface area (Å²) in [5.74, 6) is -0.226. The lowest BCUT2D eigenvalue weighted by molar-refractivity contribution is 0.0562.